The molecule has 0 amide bonds. The van der Waals surface area contributed by atoms with Gasteiger partial charge in [-0.1, -0.05) is 11.6 Å². The lowest BCUT2D eigenvalue weighted by Crippen LogP contribution is -2.23. The van der Waals surface area contributed by atoms with Gasteiger partial charge in [-0.3, -0.25) is 0 Å². The highest BCUT2D eigenvalue weighted by molar-refractivity contribution is 9.10. The molecule has 0 aliphatic carbocycles. The van der Waals surface area contributed by atoms with Gasteiger partial charge in [0.05, 0.1) is 12.2 Å². The predicted molar refractivity (Wildman–Crippen MR) is 70.2 cm³/mol. The van der Waals surface area contributed by atoms with E-state index in [0.717, 1.165) is 20.7 Å². The van der Waals surface area contributed by atoms with Crippen LogP contribution in [0.3, 0.4) is 0 Å². The topological polar surface area (TPSA) is 30.5 Å². The standard InChI is InChI=1S/C11H15BrClNO2/c1-7-4-8(12)10(5-9(7)13)14-6-11(15-2)16-3/h4-5,11,14H,6H2,1-3H3. The first kappa shape index (κ1) is 13.8. The third-order valence-corrected chi connectivity index (χ3v) is 3.30. The molecule has 0 aromatic heterocycles. The molecule has 1 aromatic carbocycles. The SMILES string of the molecule is COC(CNc1cc(Cl)c(C)cc1Br)OC. The van der Waals surface area contributed by atoms with Crippen LogP contribution in [0.1, 0.15) is 5.56 Å². The van der Waals surface area contributed by atoms with Gasteiger partial charge in [0.25, 0.3) is 0 Å². The third kappa shape index (κ3) is 3.63. The van der Waals surface area contributed by atoms with E-state index >= 15 is 0 Å². The quantitative estimate of drug-likeness (QED) is 0.845. The number of ether oxygens (including phenoxy) is 2. The molecule has 0 saturated heterocycles. The molecule has 5 heteroatoms. The molecule has 0 bridgehead atoms. The first-order valence-corrected chi connectivity index (χ1v) is 6.00. The first-order valence-electron chi connectivity index (χ1n) is 4.83. The Morgan fingerprint density at radius 1 is 1.38 bits per heavy atom. The molecule has 3 nitrogen and oxygen atoms in total. The summed E-state index contributed by atoms with van der Waals surface area (Å²) in [7, 11) is 3.21. The average Bonchev–Trinajstić information content (AvgIpc) is 2.26. The minimum absolute atomic E-state index is 0.271. The van der Waals surface area contributed by atoms with Crippen LogP contribution in [-0.2, 0) is 9.47 Å². The van der Waals surface area contributed by atoms with Gasteiger partial charge < -0.3 is 14.8 Å². The van der Waals surface area contributed by atoms with Crippen molar-refractivity contribution in [1.29, 1.82) is 0 Å². The fourth-order valence-electron chi connectivity index (χ4n) is 1.24. The number of aryl methyl sites for hydroxylation is 1. The second kappa shape index (κ2) is 6.45. The number of anilines is 1. The Morgan fingerprint density at radius 2 is 2.00 bits per heavy atom. The lowest BCUT2D eigenvalue weighted by molar-refractivity contribution is -0.0914. The Kier molecular flexibility index (Phi) is 5.55. The van der Waals surface area contributed by atoms with Crippen LogP contribution in [-0.4, -0.2) is 27.1 Å². The minimum atomic E-state index is -0.271. The van der Waals surface area contributed by atoms with Crippen molar-refractivity contribution in [3.63, 3.8) is 0 Å². The van der Waals surface area contributed by atoms with Gasteiger partial charge in [0, 0.05) is 23.7 Å². The number of rotatable bonds is 5. The van der Waals surface area contributed by atoms with Crippen molar-refractivity contribution in [2.75, 3.05) is 26.1 Å². The van der Waals surface area contributed by atoms with Gasteiger partial charge in [0.1, 0.15) is 0 Å². The molecule has 16 heavy (non-hydrogen) atoms. The normalized spacial score (nSPS) is 10.9. The summed E-state index contributed by atoms with van der Waals surface area (Å²) in [6.07, 6.45) is -0.271. The van der Waals surface area contributed by atoms with Crippen LogP contribution in [0.2, 0.25) is 5.02 Å². The molecule has 0 aliphatic rings. The summed E-state index contributed by atoms with van der Waals surface area (Å²) in [6.45, 7) is 2.52. The smallest absolute Gasteiger partial charge is 0.173 e. The van der Waals surface area contributed by atoms with E-state index in [0.29, 0.717) is 6.54 Å². The first-order chi connectivity index (χ1) is 7.58. The van der Waals surface area contributed by atoms with E-state index in [1.165, 1.54) is 0 Å². The Bertz CT molecular complexity index is 356. The number of nitrogens with one attached hydrogen (secondary N) is 1. The van der Waals surface area contributed by atoms with Crippen molar-refractivity contribution in [3.8, 4) is 0 Å². The summed E-state index contributed by atoms with van der Waals surface area (Å²) in [5.74, 6) is 0. The zero-order chi connectivity index (χ0) is 12.1. The predicted octanol–water partition coefficient (Wildman–Crippen LogP) is 3.44. The fraction of sp³-hybridized carbons (Fsp3) is 0.455. The number of hydrogen-bond acceptors (Lipinski definition) is 3. The third-order valence-electron chi connectivity index (χ3n) is 2.23. The molecule has 0 radical (unpaired) electrons. The molecule has 0 heterocycles. The summed E-state index contributed by atoms with van der Waals surface area (Å²) < 4.78 is 11.1. The lowest BCUT2D eigenvalue weighted by Gasteiger charge is -2.16. The Hall–Kier alpha value is -0.290. The van der Waals surface area contributed by atoms with Crippen LogP contribution in [0.4, 0.5) is 5.69 Å². The van der Waals surface area contributed by atoms with E-state index in [1.807, 2.05) is 19.1 Å². The maximum Gasteiger partial charge on any atom is 0.173 e. The summed E-state index contributed by atoms with van der Waals surface area (Å²) >= 11 is 9.52. The second-order valence-corrected chi connectivity index (χ2v) is 4.62. The molecule has 1 N–H and O–H groups in total. The molecule has 0 atom stereocenters. The van der Waals surface area contributed by atoms with Crippen molar-refractivity contribution in [2.45, 2.75) is 13.2 Å². The van der Waals surface area contributed by atoms with Crippen molar-refractivity contribution in [3.05, 3.63) is 27.2 Å². The zero-order valence-corrected chi connectivity index (χ0v) is 11.9. The van der Waals surface area contributed by atoms with Crippen molar-refractivity contribution >= 4 is 33.2 Å². The Balaban J connectivity index is 2.70. The summed E-state index contributed by atoms with van der Waals surface area (Å²) in [5.41, 5.74) is 1.96. The molecule has 0 aliphatic heterocycles. The molecular weight excluding hydrogens is 293 g/mol. The largest absolute Gasteiger partial charge is 0.379 e. The van der Waals surface area contributed by atoms with E-state index < -0.39 is 0 Å². The molecule has 0 spiro atoms. The molecule has 1 rings (SSSR count). The number of halogens is 2. The molecule has 0 unspecified atom stereocenters. The van der Waals surface area contributed by atoms with E-state index in [4.69, 9.17) is 21.1 Å². The van der Waals surface area contributed by atoms with Crippen LogP contribution in [0.5, 0.6) is 0 Å². The number of methoxy groups -OCH3 is 2. The highest BCUT2D eigenvalue weighted by atomic mass is 79.9. The Labute approximate surface area is 109 Å². The van der Waals surface area contributed by atoms with E-state index in [-0.39, 0.29) is 6.29 Å². The summed E-state index contributed by atoms with van der Waals surface area (Å²) in [5, 5.41) is 3.94. The summed E-state index contributed by atoms with van der Waals surface area (Å²) in [6, 6.07) is 3.85. The van der Waals surface area contributed by atoms with Gasteiger partial charge in [-0.2, -0.15) is 0 Å². The fourth-order valence-corrected chi connectivity index (χ4v) is 2.00. The summed E-state index contributed by atoms with van der Waals surface area (Å²) in [4.78, 5) is 0. The van der Waals surface area contributed by atoms with Gasteiger partial charge in [0.15, 0.2) is 6.29 Å². The molecule has 0 saturated carbocycles. The van der Waals surface area contributed by atoms with Crippen molar-refractivity contribution < 1.29 is 9.47 Å². The van der Waals surface area contributed by atoms with Gasteiger partial charge in [-0.05, 0) is 40.5 Å². The highest BCUT2D eigenvalue weighted by Crippen LogP contribution is 2.29. The van der Waals surface area contributed by atoms with Gasteiger partial charge in [-0.15, -0.1) is 0 Å². The van der Waals surface area contributed by atoms with Crippen molar-refractivity contribution in [2.24, 2.45) is 0 Å². The van der Waals surface area contributed by atoms with Gasteiger partial charge in [-0.25, -0.2) is 0 Å². The van der Waals surface area contributed by atoms with E-state index in [1.54, 1.807) is 14.2 Å². The van der Waals surface area contributed by atoms with E-state index in [2.05, 4.69) is 21.2 Å². The van der Waals surface area contributed by atoms with Crippen LogP contribution in [0.25, 0.3) is 0 Å². The van der Waals surface area contributed by atoms with Crippen LogP contribution < -0.4 is 5.32 Å². The molecule has 90 valence electrons. The molecular formula is C11H15BrClNO2. The van der Waals surface area contributed by atoms with E-state index in [9.17, 15) is 0 Å². The highest BCUT2D eigenvalue weighted by Gasteiger charge is 2.08. The van der Waals surface area contributed by atoms with Crippen LogP contribution >= 0.6 is 27.5 Å². The minimum Gasteiger partial charge on any atom is -0.379 e. The number of benzene rings is 1. The zero-order valence-electron chi connectivity index (χ0n) is 9.51. The maximum atomic E-state index is 6.05. The second-order valence-electron chi connectivity index (χ2n) is 3.36. The lowest BCUT2D eigenvalue weighted by atomic mass is 10.2. The van der Waals surface area contributed by atoms with Crippen LogP contribution in [0.15, 0.2) is 16.6 Å². The monoisotopic (exact) mass is 307 g/mol. The van der Waals surface area contributed by atoms with Gasteiger partial charge >= 0.3 is 0 Å². The molecule has 1 aromatic rings. The maximum absolute atomic E-state index is 6.05. The van der Waals surface area contributed by atoms with Gasteiger partial charge in [0.2, 0.25) is 0 Å². The Morgan fingerprint density at radius 3 is 2.56 bits per heavy atom. The average molecular weight is 309 g/mol. The molecule has 0 fully saturated rings. The van der Waals surface area contributed by atoms with Crippen molar-refractivity contribution in [1.82, 2.24) is 0 Å². The number of hydrogen-bond donors (Lipinski definition) is 1. The van der Waals surface area contributed by atoms with Crippen LogP contribution in [0, 0.1) is 6.92 Å².